The van der Waals surface area contributed by atoms with Crippen LogP contribution >= 0.6 is 12.6 Å². The van der Waals surface area contributed by atoms with Crippen molar-refractivity contribution >= 4 is 18.3 Å². The molecular weight excluding hydrogens is 210 g/mol. The lowest BCUT2D eigenvalue weighted by atomic mass is 10.3. The van der Waals surface area contributed by atoms with E-state index in [1.807, 2.05) is 24.3 Å². The lowest BCUT2D eigenvalue weighted by Crippen LogP contribution is -2.19. The van der Waals surface area contributed by atoms with Crippen molar-refractivity contribution in [3.05, 3.63) is 24.3 Å². The molecule has 0 heterocycles. The van der Waals surface area contributed by atoms with Gasteiger partial charge in [-0.25, -0.2) is 0 Å². The first-order valence-corrected chi connectivity index (χ1v) is 5.33. The highest BCUT2D eigenvalue weighted by Gasteiger charge is 2.02. The van der Waals surface area contributed by atoms with E-state index in [1.165, 1.54) is 0 Å². The highest BCUT2D eigenvalue weighted by molar-refractivity contribution is 7.81. The summed E-state index contributed by atoms with van der Waals surface area (Å²) in [7, 11) is 3.33. The predicted octanol–water partition coefficient (Wildman–Crippen LogP) is 2.05. The summed E-state index contributed by atoms with van der Waals surface area (Å²) < 4.78 is 10.1. The molecule has 0 spiro atoms. The van der Waals surface area contributed by atoms with Gasteiger partial charge in [0.25, 0.3) is 0 Å². The van der Waals surface area contributed by atoms with Gasteiger partial charge in [-0.1, -0.05) is 6.07 Å². The Bertz CT molecular complexity index is 294. The summed E-state index contributed by atoms with van der Waals surface area (Å²) in [5.41, 5.74) is 1.03. The van der Waals surface area contributed by atoms with Gasteiger partial charge in [-0.15, -0.1) is 0 Å². The average Bonchev–Trinajstić information content (AvgIpc) is 2.27. The quantitative estimate of drug-likeness (QED) is 0.729. The van der Waals surface area contributed by atoms with Gasteiger partial charge in [-0.2, -0.15) is 12.6 Å². The first kappa shape index (κ1) is 12.2. The minimum Gasteiger partial charge on any atom is -0.497 e. The molecule has 0 aliphatic heterocycles. The van der Waals surface area contributed by atoms with E-state index in [1.54, 1.807) is 14.2 Å². The zero-order valence-corrected chi connectivity index (χ0v) is 9.96. The van der Waals surface area contributed by atoms with E-state index >= 15 is 0 Å². The van der Waals surface area contributed by atoms with Gasteiger partial charge in [0.05, 0.1) is 13.7 Å². The number of ether oxygens (including phenoxy) is 2. The first-order valence-electron chi connectivity index (χ1n) is 4.81. The van der Waals surface area contributed by atoms with Crippen molar-refractivity contribution in [3.63, 3.8) is 0 Å². The Morgan fingerprint density at radius 2 is 2.20 bits per heavy atom. The molecule has 0 radical (unpaired) electrons. The van der Waals surface area contributed by atoms with Gasteiger partial charge in [-0.3, -0.25) is 0 Å². The third-order valence-electron chi connectivity index (χ3n) is 1.97. The summed E-state index contributed by atoms with van der Waals surface area (Å²) in [5.74, 6) is 0.849. The van der Waals surface area contributed by atoms with Crippen molar-refractivity contribution in [1.29, 1.82) is 0 Å². The predicted molar refractivity (Wildman–Crippen MR) is 66.1 cm³/mol. The van der Waals surface area contributed by atoms with E-state index in [0.717, 1.165) is 18.0 Å². The number of anilines is 1. The zero-order chi connectivity index (χ0) is 11.1. The van der Waals surface area contributed by atoms with Crippen LogP contribution in [0.3, 0.4) is 0 Å². The number of nitrogens with one attached hydrogen (secondary N) is 1. The Morgan fingerprint density at radius 3 is 2.87 bits per heavy atom. The van der Waals surface area contributed by atoms with Crippen LogP contribution in [0, 0.1) is 0 Å². The number of methoxy groups -OCH3 is 2. The van der Waals surface area contributed by atoms with Crippen molar-refractivity contribution in [2.75, 3.05) is 32.7 Å². The Kier molecular flexibility index (Phi) is 5.36. The van der Waals surface area contributed by atoms with Gasteiger partial charge in [0.1, 0.15) is 5.75 Å². The van der Waals surface area contributed by atoms with Gasteiger partial charge in [0.2, 0.25) is 0 Å². The molecule has 3 nitrogen and oxygen atoms in total. The van der Waals surface area contributed by atoms with E-state index < -0.39 is 0 Å². The second kappa shape index (κ2) is 6.58. The third kappa shape index (κ3) is 4.44. The van der Waals surface area contributed by atoms with Gasteiger partial charge in [0.15, 0.2) is 0 Å². The summed E-state index contributed by atoms with van der Waals surface area (Å²) in [6.07, 6.45) is 0. The van der Waals surface area contributed by atoms with Crippen molar-refractivity contribution < 1.29 is 9.47 Å². The first-order chi connectivity index (χ1) is 7.26. The van der Waals surface area contributed by atoms with Crippen LogP contribution < -0.4 is 10.1 Å². The molecule has 0 saturated carbocycles. The summed E-state index contributed by atoms with van der Waals surface area (Å²) in [6, 6.07) is 7.81. The molecule has 84 valence electrons. The molecule has 0 aliphatic rings. The highest BCUT2D eigenvalue weighted by atomic mass is 32.1. The second-order valence-corrected chi connectivity index (χ2v) is 3.95. The fourth-order valence-electron chi connectivity index (χ4n) is 1.22. The molecule has 1 rings (SSSR count). The number of rotatable bonds is 6. The van der Waals surface area contributed by atoms with Crippen LogP contribution in [0.4, 0.5) is 5.69 Å². The largest absolute Gasteiger partial charge is 0.497 e. The molecule has 1 aromatic carbocycles. The Labute approximate surface area is 96.2 Å². The molecular formula is C11H17NO2S. The number of hydrogen-bond acceptors (Lipinski definition) is 4. The Balaban J connectivity index is 2.43. The molecule has 15 heavy (non-hydrogen) atoms. The summed E-state index contributed by atoms with van der Waals surface area (Å²) >= 11 is 4.37. The molecule has 4 heteroatoms. The summed E-state index contributed by atoms with van der Waals surface area (Å²) in [5, 5.41) is 3.46. The minimum atomic E-state index is 0.196. The molecule has 1 unspecified atom stereocenters. The average molecular weight is 227 g/mol. The van der Waals surface area contributed by atoms with E-state index in [4.69, 9.17) is 9.47 Å². The lowest BCUT2D eigenvalue weighted by molar-refractivity contribution is 0.202. The van der Waals surface area contributed by atoms with Crippen LogP contribution in [0.15, 0.2) is 24.3 Å². The van der Waals surface area contributed by atoms with Crippen LogP contribution in [0.25, 0.3) is 0 Å². The normalized spacial score (nSPS) is 12.2. The molecule has 1 aromatic rings. The smallest absolute Gasteiger partial charge is 0.120 e. The maximum atomic E-state index is 5.13. The Morgan fingerprint density at radius 1 is 1.40 bits per heavy atom. The number of hydrogen-bond donors (Lipinski definition) is 2. The monoisotopic (exact) mass is 227 g/mol. The van der Waals surface area contributed by atoms with E-state index in [9.17, 15) is 0 Å². The maximum absolute atomic E-state index is 5.13. The maximum Gasteiger partial charge on any atom is 0.120 e. The van der Waals surface area contributed by atoms with E-state index in [-0.39, 0.29) is 5.25 Å². The fourth-order valence-corrected chi connectivity index (χ4v) is 1.46. The molecule has 1 N–H and O–H groups in total. The van der Waals surface area contributed by atoms with Crippen LogP contribution in [0.2, 0.25) is 0 Å². The molecule has 1 atom stereocenters. The van der Waals surface area contributed by atoms with Crippen molar-refractivity contribution in [3.8, 4) is 5.75 Å². The van der Waals surface area contributed by atoms with Gasteiger partial charge >= 0.3 is 0 Å². The van der Waals surface area contributed by atoms with E-state index in [0.29, 0.717) is 6.61 Å². The van der Waals surface area contributed by atoms with Crippen LogP contribution in [-0.2, 0) is 4.74 Å². The third-order valence-corrected chi connectivity index (χ3v) is 2.30. The molecule has 0 aliphatic carbocycles. The van der Waals surface area contributed by atoms with Crippen LogP contribution in [0.1, 0.15) is 0 Å². The minimum absolute atomic E-state index is 0.196. The molecule has 0 amide bonds. The van der Waals surface area contributed by atoms with Gasteiger partial charge < -0.3 is 14.8 Å². The summed E-state index contributed by atoms with van der Waals surface area (Å²) in [6.45, 7) is 1.41. The van der Waals surface area contributed by atoms with Gasteiger partial charge in [0, 0.05) is 30.7 Å². The standard InChI is InChI=1S/C11H17NO2S/c1-13-8-11(15)7-12-9-4-3-5-10(6-9)14-2/h3-6,11-12,15H,7-8H2,1-2H3. The number of thiol groups is 1. The number of benzene rings is 1. The SMILES string of the molecule is COCC(S)CNc1cccc(OC)c1. The zero-order valence-electron chi connectivity index (χ0n) is 9.06. The second-order valence-electron chi connectivity index (χ2n) is 3.22. The van der Waals surface area contributed by atoms with Crippen molar-refractivity contribution in [2.24, 2.45) is 0 Å². The van der Waals surface area contributed by atoms with Crippen molar-refractivity contribution in [2.45, 2.75) is 5.25 Å². The topological polar surface area (TPSA) is 30.5 Å². The van der Waals surface area contributed by atoms with Crippen LogP contribution in [0.5, 0.6) is 5.75 Å². The summed E-state index contributed by atoms with van der Waals surface area (Å²) in [4.78, 5) is 0. The molecule has 0 aromatic heterocycles. The van der Waals surface area contributed by atoms with E-state index in [2.05, 4.69) is 17.9 Å². The fraction of sp³-hybridized carbons (Fsp3) is 0.455. The Hall–Kier alpha value is -0.870. The molecule has 0 fully saturated rings. The highest BCUT2D eigenvalue weighted by Crippen LogP contribution is 2.16. The molecule has 0 saturated heterocycles. The van der Waals surface area contributed by atoms with Gasteiger partial charge in [-0.05, 0) is 12.1 Å². The van der Waals surface area contributed by atoms with Crippen LogP contribution in [-0.4, -0.2) is 32.6 Å². The molecule has 0 bridgehead atoms. The lowest BCUT2D eigenvalue weighted by Gasteiger charge is -2.12. The van der Waals surface area contributed by atoms with Crippen molar-refractivity contribution in [1.82, 2.24) is 0 Å².